The molecule has 0 bridgehead atoms. The van der Waals surface area contributed by atoms with E-state index in [4.69, 9.17) is 52.1 Å². The van der Waals surface area contributed by atoms with Crippen LogP contribution in [0.3, 0.4) is 0 Å². The number of aliphatic hydroxyl groups is 1. The van der Waals surface area contributed by atoms with Crippen molar-refractivity contribution in [3.05, 3.63) is 96.6 Å². The fourth-order valence-electron chi connectivity index (χ4n) is 15.7. The topological polar surface area (TPSA) is 156 Å². The van der Waals surface area contributed by atoms with E-state index in [1.165, 1.54) is 0 Å². The van der Waals surface area contributed by atoms with Crippen molar-refractivity contribution < 1.29 is 66.8 Å². The van der Waals surface area contributed by atoms with Gasteiger partial charge in [-0.2, -0.15) is 0 Å². The van der Waals surface area contributed by atoms with Gasteiger partial charge in [0.25, 0.3) is 0 Å². The van der Waals surface area contributed by atoms with Gasteiger partial charge in [-0.1, -0.05) is 86.3 Å². The van der Waals surface area contributed by atoms with Crippen LogP contribution in [0.4, 0.5) is 0 Å². The number of hydrogen-bond acceptors (Lipinski definition) is 14. The standard InChI is InChI=1S/C64H80O14/c1-36-27-50-52(31-58(66)75-50)74-57-32-56-62(3,78-64(57,5)33-36)25-24-48-46(72-56)19-11-10-18-44-45(71-48)20-12-22-49-47(70-44)21-13-23-55-63(4,77-49)34-54-51(73-55)30-53-60(76-54)43(65)29-40(69-53)26-37(2)35-68-61(67)59-41-16-8-6-14-38(41)28-39-15-7-9-17-42(39)59/h6-12,14-17,22,28,36,40,43-57,60,65H,2,13,18-21,23-27,29-35H2,1,3-5H3/b11-10-,22-12-/t36-,40-,43+,44?,45+,46?,47?,48-,49-,50+,51?,52?,53?,54-,55?,56?,57?,60+,62+,63+,64-/m1/s1. The molecular formula is C64H80O14. The molecule has 10 heterocycles. The minimum absolute atomic E-state index is 0.0485. The molecule has 0 radical (unpaired) electrons. The molecule has 8 fully saturated rings. The molecule has 21 atom stereocenters. The Kier molecular flexibility index (Phi) is 14.6. The molecule has 0 saturated carbocycles. The van der Waals surface area contributed by atoms with Gasteiger partial charge in [-0.15, -0.1) is 0 Å². The third-order valence-corrected chi connectivity index (χ3v) is 19.5. The lowest BCUT2D eigenvalue weighted by atomic mass is 9.75. The normalized spacial score (nSPS) is 45.2. The van der Waals surface area contributed by atoms with Crippen molar-refractivity contribution in [3.63, 3.8) is 0 Å². The number of hydrogen-bond donors (Lipinski definition) is 1. The third-order valence-electron chi connectivity index (χ3n) is 19.5. The van der Waals surface area contributed by atoms with Gasteiger partial charge in [0.15, 0.2) is 0 Å². The molecular weight excluding hydrogens is 993 g/mol. The molecule has 78 heavy (non-hydrogen) atoms. The molecule has 3 aromatic rings. The highest BCUT2D eigenvalue weighted by molar-refractivity contribution is 6.16. The molecule has 420 valence electrons. The van der Waals surface area contributed by atoms with E-state index in [1.807, 2.05) is 48.5 Å². The number of fused-ring (bicyclic) bond motifs is 11. The number of esters is 2. The van der Waals surface area contributed by atoms with E-state index in [-0.39, 0.29) is 111 Å². The van der Waals surface area contributed by atoms with E-state index in [9.17, 15) is 14.7 Å². The zero-order valence-electron chi connectivity index (χ0n) is 45.9. The van der Waals surface area contributed by atoms with Crippen molar-refractivity contribution in [1.29, 1.82) is 0 Å². The Bertz CT molecular complexity index is 2740. The van der Waals surface area contributed by atoms with Gasteiger partial charge in [-0.3, -0.25) is 4.79 Å². The second kappa shape index (κ2) is 21.4. The molecule has 10 aliphatic heterocycles. The Morgan fingerprint density at radius 1 is 0.667 bits per heavy atom. The molecule has 0 aromatic heterocycles. The van der Waals surface area contributed by atoms with E-state index < -0.39 is 35.0 Å². The summed E-state index contributed by atoms with van der Waals surface area (Å²) in [6, 6.07) is 17.8. The SMILES string of the molecule is C=C(COC(=O)c1c2ccccc2cc2ccccc12)C[C@@H]1C[C@H](O)[C@@H]2O[C@@H]3C[C@]4(C)O[C@@H]5/C=C\C[C@@H]6O[C@@H]7CC[C@]8(C)O[C@]9(C)C[C@H](C)C[C@@H]%10OC(=O)CC%10OC9CC8OC7C/C=C\CC6OC5CCCC4OC3CC2O1. The number of rotatable bonds is 5. The van der Waals surface area contributed by atoms with Crippen molar-refractivity contribution in [3.8, 4) is 0 Å². The Balaban J connectivity index is 0.634. The van der Waals surface area contributed by atoms with E-state index in [0.717, 1.165) is 84.9 Å². The highest BCUT2D eigenvalue weighted by Gasteiger charge is 2.59. The number of benzene rings is 3. The predicted octanol–water partition coefficient (Wildman–Crippen LogP) is 10.1. The minimum Gasteiger partial charge on any atom is -0.459 e. The number of aliphatic hydroxyl groups excluding tert-OH is 1. The van der Waals surface area contributed by atoms with Crippen molar-refractivity contribution in [2.45, 2.75) is 251 Å². The van der Waals surface area contributed by atoms with Crippen LogP contribution in [0.5, 0.6) is 0 Å². The largest absolute Gasteiger partial charge is 0.459 e. The maximum atomic E-state index is 13.7. The zero-order valence-corrected chi connectivity index (χ0v) is 45.9. The fraction of sp³-hybridized carbons (Fsp3) is 0.656. The molecule has 0 spiro atoms. The summed E-state index contributed by atoms with van der Waals surface area (Å²) in [5.74, 6) is -0.259. The maximum absolute atomic E-state index is 13.7. The van der Waals surface area contributed by atoms with Crippen LogP contribution in [-0.4, -0.2) is 144 Å². The van der Waals surface area contributed by atoms with Crippen LogP contribution in [0.15, 0.2) is 91.1 Å². The van der Waals surface area contributed by atoms with Crippen LogP contribution in [0.25, 0.3) is 21.5 Å². The summed E-state index contributed by atoms with van der Waals surface area (Å²) in [6.45, 7) is 13.1. The summed E-state index contributed by atoms with van der Waals surface area (Å²) in [4.78, 5) is 26.2. The Morgan fingerprint density at radius 3 is 2.14 bits per heavy atom. The van der Waals surface area contributed by atoms with Crippen LogP contribution in [-0.2, 0) is 56.9 Å². The molecule has 1 N–H and O–H groups in total. The second-order valence-corrected chi connectivity index (χ2v) is 25.5. The lowest BCUT2D eigenvalue weighted by Crippen LogP contribution is -2.65. The Morgan fingerprint density at radius 2 is 1.36 bits per heavy atom. The van der Waals surface area contributed by atoms with E-state index in [0.29, 0.717) is 50.0 Å². The summed E-state index contributed by atoms with van der Waals surface area (Å²) in [6.07, 6.45) is 15.2. The lowest BCUT2D eigenvalue weighted by Gasteiger charge is -2.55. The molecule has 9 unspecified atom stereocenters. The monoisotopic (exact) mass is 1070 g/mol. The van der Waals surface area contributed by atoms with Gasteiger partial charge in [0.1, 0.15) is 31.0 Å². The van der Waals surface area contributed by atoms with Crippen molar-refractivity contribution in [1.82, 2.24) is 0 Å². The predicted molar refractivity (Wildman–Crippen MR) is 290 cm³/mol. The van der Waals surface area contributed by atoms with Gasteiger partial charge in [0, 0.05) is 25.7 Å². The summed E-state index contributed by atoms with van der Waals surface area (Å²) >= 11 is 0. The summed E-state index contributed by atoms with van der Waals surface area (Å²) in [5, 5.41) is 15.3. The summed E-state index contributed by atoms with van der Waals surface area (Å²) in [5.41, 5.74) is -0.433. The van der Waals surface area contributed by atoms with Crippen LogP contribution in [0.2, 0.25) is 0 Å². The molecule has 3 aromatic carbocycles. The minimum atomic E-state index is -0.745. The Hall–Kier alpha value is -4.06. The first-order valence-electron chi connectivity index (χ1n) is 29.6. The number of carbonyl (C=O) groups is 2. The second-order valence-electron chi connectivity index (χ2n) is 25.5. The Labute approximate surface area is 458 Å². The van der Waals surface area contributed by atoms with Crippen LogP contribution in [0, 0.1) is 5.92 Å². The first-order valence-corrected chi connectivity index (χ1v) is 29.6. The molecule has 8 saturated heterocycles. The number of carbonyl (C=O) groups excluding carboxylic acids is 2. The highest BCUT2D eigenvalue weighted by atomic mass is 16.6. The smallest absolute Gasteiger partial charge is 0.339 e. The van der Waals surface area contributed by atoms with Gasteiger partial charge < -0.3 is 57.2 Å². The third kappa shape index (κ3) is 10.4. The van der Waals surface area contributed by atoms with Gasteiger partial charge in [-0.25, -0.2) is 4.79 Å². The van der Waals surface area contributed by atoms with Crippen molar-refractivity contribution in [2.75, 3.05) is 6.61 Å². The van der Waals surface area contributed by atoms with Gasteiger partial charge in [-0.05, 0) is 131 Å². The van der Waals surface area contributed by atoms with E-state index >= 15 is 0 Å². The molecule has 13 rings (SSSR count). The van der Waals surface area contributed by atoms with Crippen LogP contribution >= 0.6 is 0 Å². The quantitative estimate of drug-likeness (QED) is 0.146. The van der Waals surface area contributed by atoms with Crippen LogP contribution < -0.4 is 0 Å². The van der Waals surface area contributed by atoms with Gasteiger partial charge in [0.2, 0.25) is 0 Å². The highest BCUT2D eigenvalue weighted by Crippen LogP contribution is 2.51. The maximum Gasteiger partial charge on any atom is 0.339 e. The number of ether oxygens (including phenoxy) is 11. The average Bonchev–Trinajstić information content (AvgIpc) is 3.85. The summed E-state index contributed by atoms with van der Waals surface area (Å²) < 4.78 is 75.1. The molecule has 0 amide bonds. The lowest BCUT2D eigenvalue weighted by molar-refractivity contribution is -0.316. The van der Waals surface area contributed by atoms with E-state index in [2.05, 4.69) is 64.6 Å². The van der Waals surface area contributed by atoms with Gasteiger partial charge >= 0.3 is 11.9 Å². The van der Waals surface area contributed by atoms with Crippen molar-refractivity contribution >= 4 is 33.5 Å². The molecule has 14 heteroatoms. The van der Waals surface area contributed by atoms with Crippen molar-refractivity contribution in [2.24, 2.45) is 5.92 Å². The average molecular weight is 1070 g/mol. The summed E-state index contributed by atoms with van der Waals surface area (Å²) in [7, 11) is 0. The molecule has 14 nitrogen and oxygen atoms in total. The first-order chi connectivity index (χ1) is 37.7. The molecule has 0 aliphatic carbocycles. The van der Waals surface area contributed by atoms with Crippen LogP contribution in [0.1, 0.15) is 141 Å². The van der Waals surface area contributed by atoms with E-state index in [1.54, 1.807) is 0 Å². The molecule has 10 aliphatic rings. The zero-order chi connectivity index (χ0) is 53.5. The fourth-order valence-corrected chi connectivity index (χ4v) is 15.7. The first kappa shape index (κ1) is 53.3. The van der Waals surface area contributed by atoms with Gasteiger partial charge in [0.05, 0.1) is 108 Å².